The van der Waals surface area contributed by atoms with Crippen LogP contribution in [0, 0.1) is 0 Å². The van der Waals surface area contributed by atoms with Crippen molar-refractivity contribution in [1.82, 2.24) is 41.8 Å². The number of unbranched alkanes of at least 4 members (excludes halogenated alkanes) is 2. The Balaban J connectivity index is 2.27. The molecule has 28 heteroatoms. The van der Waals surface area contributed by atoms with Gasteiger partial charge in [0.25, 0.3) is 11.8 Å². The first-order valence-electron chi connectivity index (χ1n) is 24.1. The van der Waals surface area contributed by atoms with Crippen LogP contribution in [-0.4, -0.2) is 173 Å². The second-order valence-electron chi connectivity index (χ2n) is 17.1. The summed E-state index contributed by atoms with van der Waals surface area (Å²) >= 11 is 0. The minimum absolute atomic E-state index is 0.0402. The van der Waals surface area contributed by atoms with Crippen molar-refractivity contribution in [2.24, 2.45) is 50.1 Å². The van der Waals surface area contributed by atoms with E-state index in [9.17, 15) is 53.4 Å². The zero-order valence-corrected chi connectivity index (χ0v) is 41.3. The lowest BCUT2D eigenvalue weighted by Crippen LogP contribution is -2.60. The van der Waals surface area contributed by atoms with Gasteiger partial charge in [-0.2, -0.15) is 0 Å². The van der Waals surface area contributed by atoms with Crippen molar-refractivity contribution < 1.29 is 53.4 Å². The highest BCUT2D eigenvalue weighted by atomic mass is 16.4. The SMILES string of the molecule is C[C@H](NC(=O)[C@@H](NC(=O)[C@@H](N)CCCCN)[C@@H](O)CN)C(=O)NCC(=O)N=C(CCCN)C(=O)N1CCC[C@H]1C(=O)N[C@@H](Cc1cccnc1)C(=O)N[C@@H](CCCCN)C(=O)N/C(=C\CCN=C(N)N)C(=O)O. The number of hydrogen-bond acceptors (Lipinski definition) is 17. The molecule has 2 heterocycles. The van der Waals surface area contributed by atoms with E-state index < -0.39 is 114 Å². The smallest absolute Gasteiger partial charge is 0.352 e. The molecule has 8 amide bonds. The number of aliphatic hydroxyl groups excluding tert-OH is 1. The van der Waals surface area contributed by atoms with Gasteiger partial charge < -0.3 is 87.1 Å². The summed E-state index contributed by atoms with van der Waals surface area (Å²) in [5, 5.41) is 34.9. The molecular formula is C45H75N17O11. The number of rotatable bonds is 33. The Hall–Kier alpha value is -6.98. The van der Waals surface area contributed by atoms with E-state index in [1.54, 1.807) is 12.1 Å². The monoisotopic (exact) mass is 1030 g/mol. The normalized spacial score (nSPS) is 16.1. The van der Waals surface area contributed by atoms with Gasteiger partial charge in [0.2, 0.25) is 35.4 Å². The Morgan fingerprint density at radius 2 is 1.53 bits per heavy atom. The van der Waals surface area contributed by atoms with Gasteiger partial charge >= 0.3 is 5.97 Å². The van der Waals surface area contributed by atoms with Gasteiger partial charge in [-0.25, -0.2) is 9.79 Å². The maximum atomic E-state index is 14.1. The summed E-state index contributed by atoms with van der Waals surface area (Å²) in [7, 11) is 0. The van der Waals surface area contributed by atoms with Gasteiger partial charge in [0.1, 0.15) is 41.6 Å². The third-order valence-corrected chi connectivity index (χ3v) is 11.3. The summed E-state index contributed by atoms with van der Waals surface area (Å²) in [4.78, 5) is 133. The Labute approximate surface area is 423 Å². The van der Waals surface area contributed by atoms with E-state index in [0.29, 0.717) is 44.2 Å². The average molecular weight is 1030 g/mol. The van der Waals surface area contributed by atoms with E-state index in [1.807, 2.05) is 0 Å². The summed E-state index contributed by atoms with van der Waals surface area (Å²) in [5.74, 6) is -8.36. The number of guanidine groups is 1. The lowest BCUT2D eigenvalue weighted by atomic mass is 10.0. The van der Waals surface area contributed by atoms with Crippen LogP contribution in [-0.2, 0) is 49.6 Å². The quantitative estimate of drug-likeness (QED) is 0.0135. The number of aliphatic carboxylic acids is 1. The van der Waals surface area contributed by atoms with E-state index in [2.05, 4.69) is 46.9 Å². The molecule has 1 fully saturated rings. The van der Waals surface area contributed by atoms with Crippen LogP contribution in [0.4, 0.5) is 0 Å². The maximum absolute atomic E-state index is 14.1. The van der Waals surface area contributed by atoms with Crippen LogP contribution in [0.25, 0.3) is 0 Å². The van der Waals surface area contributed by atoms with Gasteiger partial charge in [0.05, 0.1) is 18.7 Å². The van der Waals surface area contributed by atoms with Crippen molar-refractivity contribution in [1.29, 1.82) is 0 Å². The number of nitrogens with two attached hydrogens (primary N) is 7. The topological polar surface area (TPSA) is 489 Å². The molecule has 0 aromatic carbocycles. The highest BCUT2D eigenvalue weighted by Gasteiger charge is 2.38. The molecular weight excluding hydrogens is 955 g/mol. The van der Waals surface area contributed by atoms with Gasteiger partial charge in [0.15, 0.2) is 5.96 Å². The van der Waals surface area contributed by atoms with E-state index in [-0.39, 0.29) is 82.8 Å². The molecule has 1 aromatic heterocycles. The van der Waals surface area contributed by atoms with E-state index >= 15 is 0 Å². The molecule has 1 aliphatic heterocycles. The zero-order valence-electron chi connectivity index (χ0n) is 41.3. The fourth-order valence-corrected chi connectivity index (χ4v) is 7.26. The molecule has 1 saturated heterocycles. The minimum atomic E-state index is -1.57. The number of carboxylic acids is 1. The molecule has 0 bridgehead atoms. The first-order valence-corrected chi connectivity index (χ1v) is 24.1. The molecule has 22 N–H and O–H groups in total. The molecule has 406 valence electrons. The Morgan fingerprint density at radius 3 is 2.15 bits per heavy atom. The fraction of sp³-hybridized carbons (Fsp3) is 0.600. The van der Waals surface area contributed by atoms with Crippen molar-refractivity contribution in [2.75, 3.05) is 45.8 Å². The number of pyridine rings is 1. The van der Waals surface area contributed by atoms with Crippen molar-refractivity contribution in [3.05, 3.63) is 41.9 Å². The molecule has 0 saturated carbocycles. The highest BCUT2D eigenvalue weighted by Crippen LogP contribution is 2.20. The Kier molecular flexibility index (Phi) is 28.6. The number of aromatic nitrogens is 1. The second kappa shape index (κ2) is 33.6. The predicted molar refractivity (Wildman–Crippen MR) is 268 cm³/mol. The molecule has 7 atom stereocenters. The van der Waals surface area contributed by atoms with Crippen molar-refractivity contribution in [3.63, 3.8) is 0 Å². The number of aliphatic hydroxyl groups is 1. The lowest BCUT2D eigenvalue weighted by Gasteiger charge is -2.28. The molecule has 0 unspecified atom stereocenters. The number of carboxylic acid groups (broad SMARTS) is 1. The molecule has 28 nitrogen and oxygen atoms in total. The van der Waals surface area contributed by atoms with Crippen LogP contribution in [0.5, 0.6) is 0 Å². The van der Waals surface area contributed by atoms with Gasteiger partial charge in [-0.1, -0.05) is 18.6 Å². The highest BCUT2D eigenvalue weighted by molar-refractivity contribution is 6.40. The van der Waals surface area contributed by atoms with Gasteiger partial charge in [0, 0.05) is 38.4 Å². The summed E-state index contributed by atoms with van der Waals surface area (Å²) < 4.78 is 0. The summed E-state index contributed by atoms with van der Waals surface area (Å²) in [6, 6.07) is -4.39. The van der Waals surface area contributed by atoms with Crippen LogP contribution in [0.15, 0.2) is 46.3 Å². The van der Waals surface area contributed by atoms with Crippen molar-refractivity contribution in [3.8, 4) is 0 Å². The van der Waals surface area contributed by atoms with Gasteiger partial charge in [-0.3, -0.25) is 48.3 Å². The zero-order chi connectivity index (χ0) is 54.5. The number of amides is 8. The number of hydrogen-bond donors (Lipinski definition) is 15. The van der Waals surface area contributed by atoms with Gasteiger partial charge in [-0.05, 0) is 102 Å². The van der Waals surface area contributed by atoms with Crippen LogP contribution in [0.2, 0.25) is 0 Å². The second-order valence-corrected chi connectivity index (χ2v) is 17.1. The van der Waals surface area contributed by atoms with Gasteiger partial charge in [-0.15, -0.1) is 0 Å². The summed E-state index contributed by atoms with van der Waals surface area (Å²) in [5.41, 5.74) is 38.8. The molecule has 2 rings (SSSR count). The summed E-state index contributed by atoms with van der Waals surface area (Å²) in [6.07, 6.45) is 5.53. The first kappa shape index (κ1) is 62.1. The molecule has 0 aliphatic carbocycles. The molecule has 1 aromatic rings. The van der Waals surface area contributed by atoms with E-state index in [1.165, 1.54) is 30.3 Å². The lowest BCUT2D eigenvalue weighted by molar-refractivity contribution is -0.137. The number of carbonyl (C=O) groups excluding carboxylic acids is 8. The largest absolute Gasteiger partial charge is 0.477 e. The van der Waals surface area contributed by atoms with Crippen LogP contribution in [0.1, 0.15) is 83.1 Å². The number of nitrogens with one attached hydrogen (secondary N) is 6. The van der Waals surface area contributed by atoms with Crippen LogP contribution < -0.4 is 72.0 Å². The number of likely N-dealkylation sites (tertiary alicyclic amines) is 1. The molecule has 1 aliphatic rings. The van der Waals surface area contributed by atoms with Crippen molar-refractivity contribution in [2.45, 2.75) is 126 Å². The van der Waals surface area contributed by atoms with E-state index in [0.717, 1.165) is 0 Å². The molecule has 0 spiro atoms. The number of carbonyl (C=O) groups is 9. The fourth-order valence-electron chi connectivity index (χ4n) is 7.26. The van der Waals surface area contributed by atoms with E-state index in [4.69, 9.17) is 40.1 Å². The molecule has 73 heavy (non-hydrogen) atoms. The average Bonchev–Trinajstić information content (AvgIpc) is 3.86. The number of aliphatic imine (C=N–C) groups is 2. The minimum Gasteiger partial charge on any atom is -0.477 e. The third-order valence-electron chi connectivity index (χ3n) is 11.3. The van der Waals surface area contributed by atoms with Crippen LogP contribution >= 0.6 is 0 Å². The standard InChI is InChI=1S/C45H75N17O11/c1-26(56-42(70)36(34(63)23-49)61-38(66)28(50)11-2-4-16-46)37(65)55-25-35(64)57-30(13-6-18-48)43(71)62-21-9-15-33(62)41(69)60-32(22-27-10-7-19-53-24-27)40(68)58-29(12-3-5-17-47)39(67)59-31(44(72)73)14-8-20-54-45(51)52/h7,10,14,19,24,26,28-29,32-34,36,63H,2-6,8-9,11-13,15-18,20-23,25,46-50H2,1H3,(H,55,65)(H,56,70)(H,58,68)(H,59,67)(H,60,69)(H,61,66)(H,72,73)(H4,51,52,54)/b31-14-,57-30?/t26-,28-,29-,32-,33-,34-,36-/m0/s1. The third kappa shape index (κ3) is 22.5. The predicted octanol–water partition coefficient (Wildman–Crippen LogP) is -5.95. The maximum Gasteiger partial charge on any atom is 0.352 e. The van der Waals surface area contributed by atoms with Crippen LogP contribution in [0.3, 0.4) is 0 Å². The Morgan fingerprint density at radius 1 is 0.849 bits per heavy atom. The number of nitrogens with zero attached hydrogens (tertiary/aromatic N) is 4. The first-order chi connectivity index (χ1) is 34.8. The van der Waals surface area contributed by atoms with Crippen molar-refractivity contribution >= 4 is 64.9 Å². The Bertz CT molecular complexity index is 2110. The summed E-state index contributed by atoms with van der Waals surface area (Å²) in [6.45, 7) is 1.00. The molecule has 0 radical (unpaired) electrons.